The van der Waals surface area contributed by atoms with Gasteiger partial charge in [-0.15, -0.1) is 0 Å². The number of nitrogens with one attached hydrogen (secondary N) is 1. The van der Waals surface area contributed by atoms with E-state index in [1.165, 1.54) is 12.1 Å². The lowest BCUT2D eigenvalue weighted by Gasteiger charge is -2.14. The minimum Gasteiger partial charge on any atom is -0.478 e. The maximum Gasteiger partial charge on any atom is 0.337 e. The first kappa shape index (κ1) is 13.8. The minimum absolute atomic E-state index is 0.191. The van der Waals surface area contributed by atoms with E-state index in [-0.39, 0.29) is 22.2 Å². The van der Waals surface area contributed by atoms with Crippen LogP contribution in [-0.2, 0) is 10.0 Å². The van der Waals surface area contributed by atoms with Crippen molar-refractivity contribution in [3.63, 3.8) is 0 Å². The smallest absolute Gasteiger partial charge is 0.337 e. The second-order valence-corrected chi connectivity index (χ2v) is 6.49. The van der Waals surface area contributed by atoms with E-state index in [0.29, 0.717) is 5.92 Å². The second-order valence-electron chi connectivity index (χ2n) is 4.81. The Kier molecular flexibility index (Phi) is 3.51. The van der Waals surface area contributed by atoms with Gasteiger partial charge >= 0.3 is 5.97 Å². The average Bonchev–Trinajstić information content (AvgIpc) is 3.11. The number of nitrogen functional groups attached to an aromatic ring is 1. The molecule has 2 rings (SSSR count). The third-order valence-electron chi connectivity index (χ3n) is 3.19. The van der Waals surface area contributed by atoms with E-state index in [4.69, 9.17) is 10.8 Å². The normalized spacial score (nSPS) is 17.1. The van der Waals surface area contributed by atoms with Gasteiger partial charge in [0.05, 0.1) is 10.5 Å². The highest BCUT2D eigenvalue weighted by atomic mass is 32.2. The van der Waals surface area contributed by atoms with Crippen molar-refractivity contribution in [2.75, 3.05) is 5.73 Å². The highest BCUT2D eigenvalue weighted by molar-refractivity contribution is 7.89. The summed E-state index contributed by atoms with van der Waals surface area (Å²) in [5, 5.41) is 9.06. The zero-order chi connectivity index (χ0) is 14.2. The number of carboxylic acids is 1. The van der Waals surface area contributed by atoms with Crippen LogP contribution >= 0.6 is 0 Å². The molecule has 0 aliphatic heterocycles. The summed E-state index contributed by atoms with van der Waals surface area (Å²) in [7, 11) is -3.84. The predicted molar refractivity (Wildman–Crippen MR) is 70.3 cm³/mol. The number of carboxylic acid groups (broad SMARTS) is 1. The highest BCUT2D eigenvalue weighted by Gasteiger charge is 2.32. The summed E-state index contributed by atoms with van der Waals surface area (Å²) in [5.41, 5.74) is 5.39. The van der Waals surface area contributed by atoms with E-state index >= 15 is 0 Å². The molecule has 0 spiro atoms. The maximum absolute atomic E-state index is 12.2. The fourth-order valence-electron chi connectivity index (χ4n) is 1.95. The number of aromatic carboxylic acids is 1. The molecule has 1 saturated carbocycles. The van der Waals surface area contributed by atoms with Crippen molar-refractivity contribution in [3.8, 4) is 0 Å². The Morgan fingerprint density at radius 3 is 2.63 bits per heavy atom. The fourth-order valence-corrected chi connectivity index (χ4v) is 3.44. The van der Waals surface area contributed by atoms with E-state index in [9.17, 15) is 13.2 Å². The van der Waals surface area contributed by atoms with Crippen molar-refractivity contribution in [1.82, 2.24) is 4.72 Å². The van der Waals surface area contributed by atoms with Gasteiger partial charge in [-0.05, 0) is 43.9 Å². The quantitative estimate of drug-likeness (QED) is 0.700. The molecule has 6 nitrogen and oxygen atoms in total. The molecule has 1 aliphatic carbocycles. The van der Waals surface area contributed by atoms with E-state index < -0.39 is 16.0 Å². The largest absolute Gasteiger partial charge is 0.478 e. The summed E-state index contributed by atoms with van der Waals surface area (Å²) >= 11 is 0. The molecule has 7 heteroatoms. The van der Waals surface area contributed by atoms with Crippen LogP contribution in [0.4, 0.5) is 5.69 Å². The number of sulfonamides is 1. The Morgan fingerprint density at radius 1 is 1.47 bits per heavy atom. The van der Waals surface area contributed by atoms with Gasteiger partial charge in [0.15, 0.2) is 0 Å². The van der Waals surface area contributed by atoms with Gasteiger partial charge in [-0.3, -0.25) is 0 Å². The van der Waals surface area contributed by atoms with E-state index in [1.54, 1.807) is 6.92 Å². The second kappa shape index (κ2) is 4.82. The molecule has 1 atom stereocenters. The monoisotopic (exact) mass is 284 g/mol. The van der Waals surface area contributed by atoms with Crippen molar-refractivity contribution in [2.45, 2.75) is 30.7 Å². The summed E-state index contributed by atoms with van der Waals surface area (Å²) in [5.74, 6) is -0.969. The van der Waals surface area contributed by atoms with Crippen LogP contribution in [0.3, 0.4) is 0 Å². The van der Waals surface area contributed by atoms with Crippen LogP contribution < -0.4 is 10.5 Å². The lowest BCUT2D eigenvalue weighted by atomic mass is 10.2. The first-order chi connectivity index (χ1) is 8.81. The molecular formula is C12H16N2O4S. The van der Waals surface area contributed by atoms with Gasteiger partial charge in [0.1, 0.15) is 0 Å². The summed E-state index contributed by atoms with van der Waals surface area (Å²) in [4.78, 5) is 10.9. The third kappa shape index (κ3) is 3.05. The van der Waals surface area contributed by atoms with Crippen molar-refractivity contribution in [2.24, 2.45) is 5.92 Å². The van der Waals surface area contributed by atoms with Crippen LogP contribution in [0, 0.1) is 5.92 Å². The van der Waals surface area contributed by atoms with E-state index in [2.05, 4.69) is 4.72 Å². The highest BCUT2D eigenvalue weighted by Crippen LogP contribution is 2.33. The number of nitrogens with two attached hydrogens (primary N) is 1. The van der Waals surface area contributed by atoms with Gasteiger partial charge in [-0.1, -0.05) is 0 Å². The van der Waals surface area contributed by atoms with Crippen LogP contribution in [0.1, 0.15) is 30.1 Å². The van der Waals surface area contributed by atoms with Gasteiger partial charge in [0.25, 0.3) is 0 Å². The standard InChI is InChI=1S/C12H16N2O4S/c1-7(8-2-3-8)14-19(17,18)11-5-4-9(13)6-10(11)12(15)16/h4-8,14H,2-3,13H2,1H3,(H,15,16). The number of hydrogen-bond donors (Lipinski definition) is 3. The zero-order valence-electron chi connectivity index (χ0n) is 10.5. The Morgan fingerprint density at radius 2 is 2.11 bits per heavy atom. The van der Waals surface area contributed by atoms with Gasteiger partial charge < -0.3 is 10.8 Å². The van der Waals surface area contributed by atoms with Crippen LogP contribution in [0.25, 0.3) is 0 Å². The Labute approximate surface area is 111 Å². The Hall–Kier alpha value is -1.60. The fraction of sp³-hybridized carbons (Fsp3) is 0.417. The van der Waals surface area contributed by atoms with Crippen LogP contribution in [0.5, 0.6) is 0 Å². The molecular weight excluding hydrogens is 268 g/mol. The van der Waals surface area contributed by atoms with E-state index in [1.807, 2.05) is 0 Å². The third-order valence-corrected chi connectivity index (χ3v) is 4.81. The maximum atomic E-state index is 12.2. The summed E-state index contributed by atoms with van der Waals surface area (Å²) in [6.45, 7) is 1.78. The van der Waals surface area contributed by atoms with Gasteiger partial charge in [0.2, 0.25) is 10.0 Å². The summed E-state index contributed by atoms with van der Waals surface area (Å²) in [6, 6.07) is 3.56. The predicted octanol–water partition coefficient (Wildman–Crippen LogP) is 1.04. The van der Waals surface area contributed by atoms with Gasteiger partial charge in [-0.25, -0.2) is 17.9 Å². The Balaban J connectivity index is 2.36. The summed E-state index contributed by atoms with van der Waals surface area (Å²) < 4.78 is 26.9. The van der Waals surface area contributed by atoms with Crippen LogP contribution in [-0.4, -0.2) is 25.5 Å². The van der Waals surface area contributed by atoms with Crippen molar-refractivity contribution in [3.05, 3.63) is 23.8 Å². The molecule has 4 N–H and O–H groups in total. The first-order valence-electron chi connectivity index (χ1n) is 5.96. The molecule has 0 radical (unpaired) electrons. The Bertz CT molecular complexity index is 608. The van der Waals surface area contributed by atoms with Crippen molar-refractivity contribution in [1.29, 1.82) is 0 Å². The molecule has 0 bridgehead atoms. The zero-order valence-corrected chi connectivity index (χ0v) is 11.3. The van der Waals surface area contributed by atoms with Crippen molar-refractivity contribution < 1.29 is 18.3 Å². The number of rotatable bonds is 5. The molecule has 1 aromatic carbocycles. The molecule has 0 amide bonds. The SMILES string of the molecule is CC(NS(=O)(=O)c1ccc(N)cc1C(=O)O)C1CC1. The van der Waals surface area contributed by atoms with Crippen LogP contribution in [0.2, 0.25) is 0 Å². The van der Waals surface area contributed by atoms with Crippen LogP contribution in [0.15, 0.2) is 23.1 Å². The summed E-state index contributed by atoms with van der Waals surface area (Å²) in [6.07, 6.45) is 1.99. The molecule has 1 aromatic rings. The number of benzene rings is 1. The van der Waals surface area contributed by atoms with E-state index in [0.717, 1.165) is 18.9 Å². The molecule has 19 heavy (non-hydrogen) atoms. The number of anilines is 1. The molecule has 0 heterocycles. The lowest BCUT2D eigenvalue weighted by molar-refractivity contribution is 0.0692. The van der Waals surface area contributed by atoms with Crippen molar-refractivity contribution >= 4 is 21.7 Å². The molecule has 0 aromatic heterocycles. The number of hydrogen-bond acceptors (Lipinski definition) is 4. The molecule has 1 aliphatic rings. The number of carbonyl (C=O) groups is 1. The molecule has 1 fully saturated rings. The average molecular weight is 284 g/mol. The molecule has 1 unspecified atom stereocenters. The molecule has 104 valence electrons. The van der Waals surface area contributed by atoms with Gasteiger partial charge in [-0.2, -0.15) is 0 Å². The lowest BCUT2D eigenvalue weighted by Crippen LogP contribution is -2.34. The molecule has 0 saturated heterocycles. The topological polar surface area (TPSA) is 109 Å². The first-order valence-corrected chi connectivity index (χ1v) is 7.45. The minimum atomic E-state index is -3.84. The van der Waals surface area contributed by atoms with Gasteiger partial charge in [0, 0.05) is 11.7 Å².